The molecule has 0 bridgehead atoms. The minimum atomic E-state index is -0.601. The van der Waals surface area contributed by atoms with Crippen LogP contribution in [-0.2, 0) is 4.79 Å². The van der Waals surface area contributed by atoms with Gasteiger partial charge in [0.25, 0.3) is 0 Å². The zero-order chi connectivity index (χ0) is 11.8. The molecule has 1 amide bonds. The second-order valence-electron chi connectivity index (χ2n) is 4.08. The molecule has 5 heteroatoms. The molecule has 1 N–H and O–H groups in total. The van der Waals surface area contributed by atoms with Crippen LogP contribution in [0.15, 0.2) is 30.6 Å². The standard InChI is InChI=1S/C12H11N3O2/c16-8-5-11(17)15(6-8)12-9-3-1-2-4-10(9)13-7-14-12/h1-4,7-8,16H,5-6H2. The number of hydrogen-bond acceptors (Lipinski definition) is 4. The lowest BCUT2D eigenvalue weighted by atomic mass is 10.2. The van der Waals surface area contributed by atoms with Gasteiger partial charge in [-0.1, -0.05) is 12.1 Å². The van der Waals surface area contributed by atoms with Crippen LogP contribution in [0.5, 0.6) is 0 Å². The Morgan fingerprint density at radius 1 is 1.29 bits per heavy atom. The van der Waals surface area contributed by atoms with Gasteiger partial charge in [-0.05, 0) is 12.1 Å². The molecule has 1 aromatic carbocycles. The number of rotatable bonds is 1. The van der Waals surface area contributed by atoms with Crippen LogP contribution >= 0.6 is 0 Å². The van der Waals surface area contributed by atoms with E-state index in [2.05, 4.69) is 9.97 Å². The molecule has 3 rings (SSSR count). The number of para-hydroxylation sites is 1. The number of aliphatic hydroxyl groups excluding tert-OH is 1. The summed E-state index contributed by atoms with van der Waals surface area (Å²) in [6.07, 6.45) is 1.00. The van der Waals surface area contributed by atoms with E-state index >= 15 is 0 Å². The van der Waals surface area contributed by atoms with E-state index in [0.29, 0.717) is 12.4 Å². The lowest BCUT2D eigenvalue weighted by Gasteiger charge is -2.16. The lowest BCUT2D eigenvalue weighted by molar-refractivity contribution is -0.117. The SMILES string of the molecule is O=C1CC(O)CN1c1ncnc2ccccc12. The number of anilines is 1. The van der Waals surface area contributed by atoms with E-state index in [1.54, 1.807) is 0 Å². The molecule has 1 aromatic heterocycles. The van der Waals surface area contributed by atoms with E-state index in [0.717, 1.165) is 10.9 Å². The topological polar surface area (TPSA) is 66.3 Å². The summed E-state index contributed by atoms with van der Waals surface area (Å²) in [5.41, 5.74) is 0.798. The van der Waals surface area contributed by atoms with Crippen LogP contribution in [0, 0.1) is 0 Å². The smallest absolute Gasteiger partial charge is 0.230 e. The summed E-state index contributed by atoms with van der Waals surface area (Å²) in [6, 6.07) is 7.52. The van der Waals surface area contributed by atoms with Crippen molar-refractivity contribution in [2.24, 2.45) is 0 Å². The predicted molar refractivity (Wildman–Crippen MR) is 62.5 cm³/mol. The maximum atomic E-state index is 11.7. The third kappa shape index (κ3) is 1.64. The molecular formula is C12H11N3O2. The largest absolute Gasteiger partial charge is 0.391 e. The summed E-state index contributed by atoms with van der Waals surface area (Å²) < 4.78 is 0. The molecule has 1 atom stereocenters. The van der Waals surface area contributed by atoms with E-state index in [1.807, 2.05) is 24.3 Å². The van der Waals surface area contributed by atoms with Crippen LogP contribution in [0.2, 0.25) is 0 Å². The number of fused-ring (bicyclic) bond motifs is 1. The molecule has 0 saturated carbocycles. The molecule has 17 heavy (non-hydrogen) atoms. The summed E-state index contributed by atoms with van der Waals surface area (Å²) in [4.78, 5) is 21.6. The van der Waals surface area contributed by atoms with Gasteiger partial charge in [-0.15, -0.1) is 0 Å². The number of β-amino-alcohol motifs (C(OH)–C–C–N with tert-alkyl or cyclic N) is 1. The van der Waals surface area contributed by atoms with Crippen LogP contribution in [0.4, 0.5) is 5.82 Å². The van der Waals surface area contributed by atoms with Crippen molar-refractivity contribution < 1.29 is 9.90 Å². The summed E-state index contributed by atoms with van der Waals surface area (Å²) in [6.45, 7) is 0.305. The fraction of sp³-hybridized carbons (Fsp3) is 0.250. The van der Waals surface area contributed by atoms with E-state index in [-0.39, 0.29) is 12.3 Å². The first-order valence-corrected chi connectivity index (χ1v) is 5.44. The van der Waals surface area contributed by atoms with Crippen molar-refractivity contribution in [3.63, 3.8) is 0 Å². The van der Waals surface area contributed by atoms with E-state index in [4.69, 9.17) is 0 Å². The lowest BCUT2D eigenvalue weighted by Crippen LogP contribution is -2.26. The molecule has 1 fully saturated rings. The zero-order valence-corrected chi connectivity index (χ0v) is 9.08. The zero-order valence-electron chi connectivity index (χ0n) is 9.08. The van der Waals surface area contributed by atoms with Gasteiger partial charge in [0.1, 0.15) is 12.1 Å². The molecular weight excluding hydrogens is 218 g/mol. The Morgan fingerprint density at radius 3 is 2.88 bits per heavy atom. The van der Waals surface area contributed by atoms with Crippen LogP contribution in [-0.4, -0.2) is 33.6 Å². The van der Waals surface area contributed by atoms with Crippen LogP contribution in [0.3, 0.4) is 0 Å². The van der Waals surface area contributed by atoms with Crippen LogP contribution < -0.4 is 4.90 Å². The average molecular weight is 229 g/mol. The van der Waals surface area contributed by atoms with E-state index in [1.165, 1.54) is 11.2 Å². The second-order valence-corrected chi connectivity index (χ2v) is 4.08. The van der Waals surface area contributed by atoms with Gasteiger partial charge in [-0.3, -0.25) is 9.69 Å². The van der Waals surface area contributed by atoms with Gasteiger partial charge >= 0.3 is 0 Å². The first-order chi connectivity index (χ1) is 8.25. The Balaban J connectivity index is 2.14. The maximum Gasteiger partial charge on any atom is 0.230 e. The Kier molecular flexibility index (Phi) is 2.26. The van der Waals surface area contributed by atoms with Crippen molar-refractivity contribution in [1.82, 2.24) is 9.97 Å². The van der Waals surface area contributed by atoms with Gasteiger partial charge < -0.3 is 5.11 Å². The minimum Gasteiger partial charge on any atom is -0.391 e. The van der Waals surface area contributed by atoms with Crippen molar-refractivity contribution in [3.8, 4) is 0 Å². The highest BCUT2D eigenvalue weighted by Crippen LogP contribution is 2.26. The quantitative estimate of drug-likeness (QED) is 0.782. The molecule has 0 aliphatic carbocycles. The maximum absolute atomic E-state index is 11.7. The van der Waals surface area contributed by atoms with Crippen molar-refractivity contribution in [3.05, 3.63) is 30.6 Å². The molecule has 0 spiro atoms. The summed E-state index contributed by atoms with van der Waals surface area (Å²) >= 11 is 0. The third-order valence-electron chi connectivity index (χ3n) is 2.88. The molecule has 0 radical (unpaired) electrons. The van der Waals surface area contributed by atoms with Gasteiger partial charge in [0.2, 0.25) is 5.91 Å². The van der Waals surface area contributed by atoms with Gasteiger partial charge in [0, 0.05) is 5.39 Å². The Labute approximate surface area is 97.7 Å². The molecule has 1 saturated heterocycles. The van der Waals surface area contributed by atoms with Crippen molar-refractivity contribution in [2.45, 2.75) is 12.5 Å². The Morgan fingerprint density at radius 2 is 2.12 bits per heavy atom. The van der Waals surface area contributed by atoms with Crippen molar-refractivity contribution in [1.29, 1.82) is 0 Å². The molecule has 2 heterocycles. The fourth-order valence-electron chi connectivity index (χ4n) is 2.10. The van der Waals surface area contributed by atoms with Gasteiger partial charge in [0.15, 0.2) is 0 Å². The Hall–Kier alpha value is -2.01. The monoisotopic (exact) mass is 229 g/mol. The number of nitrogens with zero attached hydrogens (tertiary/aromatic N) is 3. The molecule has 1 unspecified atom stereocenters. The highest BCUT2D eigenvalue weighted by molar-refractivity contribution is 6.02. The predicted octanol–water partition coefficient (Wildman–Crippen LogP) is 0.727. The highest BCUT2D eigenvalue weighted by atomic mass is 16.3. The first-order valence-electron chi connectivity index (χ1n) is 5.44. The number of amides is 1. The average Bonchev–Trinajstić information content (AvgIpc) is 2.68. The van der Waals surface area contributed by atoms with E-state index in [9.17, 15) is 9.90 Å². The van der Waals surface area contributed by atoms with Gasteiger partial charge in [0.05, 0.1) is 24.6 Å². The normalized spacial score (nSPS) is 20.2. The van der Waals surface area contributed by atoms with Crippen LogP contribution in [0.1, 0.15) is 6.42 Å². The highest BCUT2D eigenvalue weighted by Gasteiger charge is 2.30. The molecule has 2 aromatic rings. The van der Waals surface area contributed by atoms with Gasteiger partial charge in [-0.2, -0.15) is 0 Å². The summed E-state index contributed by atoms with van der Waals surface area (Å²) in [5, 5.41) is 10.3. The summed E-state index contributed by atoms with van der Waals surface area (Å²) in [7, 11) is 0. The van der Waals surface area contributed by atoms with Crippen molar-refractivity contribution >= 4 is 22.6 Å². The number of carbonyl (C=O) groups excluding carboxylic acids is 1. The first kappa shape index (κ1) is 10.2. The molecule has 5 nitrogen and oxygen atoms in total. The van der Waals surface area contributed by atoms with Crippen molar-refractivity contribution in [2.75, 3.05) is 11.4 Å². The van der Waals surface area contributed by atoms with Crippen LogP contribution in [0.25, 0.3) is 10.9 Å². The van der Waals surface area contributed by atoms with E-state index < -0.39 is 6.10 Å². The fourth-order valence-corrected chi connectivity index (χ4v) is 2.10. The second kappa shape index (κ2) is 3.78. The molecule has 86 valence electrons. The Bertz CT molecular complexity index is 579. The molecule has 1 aliphatic rings. The minimum absolute atomic E-state index is 0.0960. The number of aromatic nitrogens is 2. The number of hydrogen-bond donors (Lipinski definition) is 1. The number of benzene rings is 1. The molecule has 1 aliphatic heterocycles. The number of aliphatic hydroxyl groups is 1. The summed E-state index contributed by atoms with van der Waals surface area (Å²) in [5.74, 6) is 0.485. The third-order valence-corrected chi connectivity index (χ3v) is 2.88. The number of carbonyl (C=O) groups is 1. The van der Waals surface area contributed by atoms with Gasteiger partial charge in [-0.25, -0.2) is 9.97 Å².